The summed E-state index contributed by atoms with van der Waals surface area (Å²) in [7, 11) is 1.74. The summed E-state index contributed by atoms with van der Waals surface area (Å²) in [6.07, 6.45) is 9.63. The second kappa shape index (κ2) is 7.79. The van der Waals surface area contributed by atoms with E-state index in [-0.39, 0.29) is 11.5 Å². The van der Waals surface area contributed by atoms with Gasteiger partial charge < -0.3 is 9.84 Å². The number of carbonyl (C=O) groups is 1. The minimum atomic E-state index is -0.852. The van der Waals surface area contributed by atoms with Gasteiger partial charge in [-0.05, 0) is 37.2 Å². The minimum absolute atomic E-state index is 0.139. The molecule has 2 unspecified atom stereocenters. The Bertz CT molecular complexity index is 407. The van der Waals surface area contributed by atoms with Crippen molar-refractivity contribution in [2.75, 3.05) is 7.11 Å². The normalized spacial score (nSPS) is 25.5. The molecule has 0 fully saturated rings. The van der Waals surface area contributed by atoms with E-state index in [1.807, 2.05) is 12.2 Å². The summed E-state index contributed by atoms with van der Waals surface area (Å²) < 4.78 is 5.88. The third kappa shape index (κ3) is 4.99. The zero-order valence-corrected chi connectivity index (χ0v) is 14.1. The smallest absolute Gasteiger partial charge is 0.335 e. The van der Waals surface area contributed by atoms with E-state index in [1.165, 1.54) is 0 Å². The van der Waals surface area contributed by atoms with Crippen molar-refractivity contribution in [2.45, 2.75) is 59.0 Å². The van der Waals surface area contributed by atoms with Crippen molar-refractivity contribution < 1.29 is 14.6 Å². The van der Waals surface area contributed by atoms with Gasteiger partial charge in [0.1, 0.15) is 0 Å². The van der Waals surface area contributed by atoms with Gasteiger partial charge >= 0.3 is 5.97 Å². The highest BCUT2D eigenvalue weighted by molar-refractivity contribution is 5.90. The number of carboxylic acids is 1. The molecule has 0 aromatic heterocycles. The molecule has 0 heterocycles. The molecular formula is C18H30O3. The van der Waals surface area contributed by atoms with Crippen molar-refractivity contribution in [3.8, 4) is 0 Å². The molecule has 2 atom stereocenters. The van der Waals surface area contributed by atoms with E-state index in [4.69, 9.17) is 4.74 Å². The standard InChI is InChI=1S/C18H30O3/c1-13(2)6-7-16-12-15(17(19)20)9-11-18(16,21-5)10-8-14(3)4/h9,11-14,16H,6-8,10H2,1-5H3,(H,19,20). The first-order valence-electron chi connectivity index (χ1n) is 8.00. The van der Waals surface area contributed by atoms with Crippen LogP contribution in [0.2, 0.25) is 0 Å². The summed E-state index contributed by atoms with van der Waals surface area (Å²) in [5.74, 6) is 0.507. The lowest BCUT2D eigenvalue weighted by molar-refractivity contribution is -0.132. The maximum atomic E-state index is 11.2. The Labute approximate surface area is 129 Å². The summed E-state index contributed by atoms with van der Waals surface area (Å²) in [4.78, 5) is 11.2. The van der Waals surface area contributed by atoms with E-state index in [0.717, 1.165) is 25.7 Å². The van der Waals surface area contributed by atoms with Crippen molar-refractivity contribution in [1.29, 1.82) is 0 Å². The van der Waals surface area contributed by atoms with E-state index in [2.05, 4.69) is 27.7 Å². The fourth-order valence-corrected chi connectivity index (χ4v) is 2.86. The van der Waals surface area contributed by atoms with Crippen molar-refractivity contribution >= 4 is 5.97 Å². The average molecular weight is 294 g/mol. The van der Waals surface area contributed by atoms with Crippen molar-refractivity contribution in [3.05, 3.63) is 23.8 Å². The van der Waals surface area contributed by atoms with Gasteiger partial charge in [0.25, 0.3) is 0 Å². The molecule has 1 rings (SSSR count). The minimum Gasteiger partial charge on any atom is -0.478 e. The van der Waals surface area contributed by atoms with Crippen LogP contribution >= 0.6 is 0 Å². The largest absolute Gasteiger partial charge is 0.478 e. The molecule has 0 radical (unpaired) electrons. The van der Waals surface area contributed by atoms with E-state index >= 15 is 0 Å². The first-order valence-corrected chi connectivity index (χ1v) is 8.00. The first kappa shape index (κ1) is 18.0. The molecule has 0 saturated carbocycles. The molecule has 1 N–H and O–H groups in total. The van der Waals surface area contributed by atoms with Gasteiger partial charge in [-0.15, -0.1) is 0 Å². The number of hydrogen-bond donors (Lipinski definition) is 1. The first-order chi connectivity index (χ1) is 9.80. The number of hydrogen-bond acceptors (Lipinski definition) is 2. The van der Waals surface area contributed by atoms with Crippen LogP contribution in [0.4, 0.5) is 0 Å². The molecule has 3 heteroatoms. The van der Waals surface area contributed by atoms with Gasteiger partial charge in [0.2, 0.25) is 0 Å². The SMILES string of the molecule is COC1(CCC(C)C)C=CC(C(=O)O)=CC1CCC(C)C. The van der Waals surface area contributed by atoms with Crippen LogP contribution in [0.1, 0.15) is 53.4 Å². The molecular weight excluding hydrogens is 264 g/mol. The van der Waals surface area contributed by atoms with Crippen LogP contribution in [0, 0.1) is 17.8 Å². The lowest BCUT2D eigenvalue weighted by atomic mass is 9.74. The Morgan fingerprint density at radius 1 is 1.29 bits per heavy atom. The molecule has 3 nitrogen and oxygen atoms in total. The van der Waals surface area contributed by atoms with Crippen molar-refractivity contribution in [1.82, 2.24) is 0 Å². The lowest BCUT2D eigenvalue weighted by Crippen LogP contribution is -2.40. The molecule has 0 aliphatic heterocycles. The quantitative estimate of drug-likeness (QED) is 0.720. The molecule has 1 aliphatic carbocycles. The molecule has 21 heavy (non-hydrogen) atoms. The van der Waals surface area contributed by atoms with E-state index in [0.29, 0.717) is 17.4 Å². The van der Waals surface area contributed by atoms with Crippen LogP contribution in [0.15, 0.2) is 23.8 Å². The van der Waals surface area contributed by atoms with Gasteiger partial charge in [0, 0.05) is 13.0 Å². The van der Waals surface area contributed by atoms with Crippen molar-refractivity contribution in [3.63, 3.8) is 0 Å². The summed E-state index contributed by atoms with van der Waals surface area (Å²) in [6.45, 7) is 8.81. The fraction of sp³-hybridized carbons (Fsp3) is 0.722. The van der Waals surface area contributed by atoms with Gasteiger partial charge in [-0.2, -0.15) is 0 Å². The van der Waals surface area contributed by atoms with Crippen LogP contribution in [-0.4, -0.2) is 23.8 Å². The van der Waals surface area contributed by atoms with Crippen LogP contribution in [0.5, 0.6) is 0 Å². The number of rotatable bonds is 8. The van der Waals surface area contributed by atoms with Crippen LogP contribution in [0.25, 0.3) is 0 Å². The third-order valence-electron chi connectivity index (χ3n) is 4.35. The lowest BCUT2D eigenvalue weighted by Gasteiger charge is -2.39. The highest BCUT2D eigenvalue weighted by Crippen LogP contribution is 2.38. The molecule has 0 spiro atoms. The Kier molecular flexibility index (Phi) is 6.66. The van der Waals surface area contributed by atoms with Gasteiger partial charge in [-0.1, -0.05) is 46.3 Å². The number of ether oxygens (including phenoxy) is 1. The van der Waals surface area contributed by atoms with Crippen molar-refractivity contribution in [2.24, 2.45) is 17.8 Å². The molecule has 0 aromatic carbocycles. The van der Waals surface area contributed by atoms with Gasteiger partial charge in [0.15, 0.2) is 0 Å². The zero-order chi connectivity index (χ0) is 16.0. The summed E-state index contributed by atoms with van der Waals surface area (Å²) in [5.41, 5.74) is 0.0407. The summed E-state index contributed by atoms with van der Waals surface area (Å²) in [5, 5.41) is 9.23. The maximum absolute atomic E-state index is 11.2. The molecule has 0 saturated heterocycles. The predicted molar refractivity (Wildman–Crippen MR) is 86.2 cm³/mol. The number of carboxylic acid groups (broad SMARTS) is 1. The molecule has 1 aliphatic rings. The van der Waals surface area contributed by atoms with Gasteiger partial charge in [-0.25, -0.2) is 4.79 Å². The highest BCUT2D eigenvalue weighted by Gasteiger charge is 2.38. The van der Waals surface area contributed by atoms with Crippen LogP contribution < -0.4 is 0 Å². The third-order valence-corrected chi connectivity index (χ3v) is 4.35. The Hall–Kier alpha value is -1.09. The molecule has 120 valence electrons. The van der Waals surface area contributed by atoms with Crippen LogP contribution in [-0.2, 0) is 9.53 Å². The second-order valence-corrected chi connectivity index (χ2v) is 6.93. The summed E-state index contributed by atoms with van der Waals surface area (Å²) in [6, 6.07) is 0. The number of methoxy groups -OCH3 is 1. The number of aliphatic carboxylic acids is 1. The second-order valence-electron chi connectivity index (χ2n) is 6.93. The average Bonchev–Trinajstić information content (AvgIpc) is 2.42. The van der Waals surface area contributed by atoms with Gasteiger partial charge in [0.05, 0.1) is 11.2 Å². The Morgan fingerprint density at radius 2 is 1.90 bits per heavy atom. The highest BCUT2D eigenvalue weighted by atomic mass is 16.5. The zero-order valence-electron chi connectivity index (χ0n) is 14.1. The monoisotopic (exact) mass is 294 g/mol. The molecule has 0 bridgehead atoms. The van der Waals surface area contributed by atoms with E-state index < -0.39 is 5.97 Å². The van der Waals surface area contributed by atoms with E-state index in [9.17, 15) is 9.90 Å². The molecule has 0 aromatic rings. The maximum Gasteiger partial charge on any atom is 0.335 e. The molecule has 0 amide bonds. The topological polar surface area (TPSA) is 46.5 Å². The Balaban J connectivity index is 2.97. The fourth-order valence-electron chi connectivity index (χ4n) is 2.86. The predicted octanol–water partition coefficient (Wildman–Crippen LogP) is 4.44. The Morgan fingerprint density at radius 3 is 2.38 bits per heavy atom. The van der Waals surface area contributed by atoms with E-state index in [1.54, 1.807) is 13.2 Å². The summed E-state index contributed by atoms with van der Waals surface area (Å²) >= 11 is 0. The van der Waals surface area contributed by atoms with Gasteiger partial charge in [-0.3, -0.25) is 0 Å². The van der Waals surface area contributed by atoms with Crippen LogP contribution in [0.3, 0.4) is 0 Å².